The van der Waals surface area contributed by atoms with Crippen molar-refractivity contribution in [2.75, 3.05) is 12.3 Å². The molecule has 0 heterocycles. The first kappa shape index (κ1) is 13.0. The molecule has 0 fully saturated rings. The zero-order chi connectivity index (χ0) is 10.4. The van der Waals surface area contributed by atoms with Gasteiger partial charge >= 0.3 is 0 Å². The minimum Gasteiger partial charge on any atom is -0.298 e. The first-order valence-corrected chi connectivity index (χ1v) is 5.82. The SMILES string of the molecule is CC(=O)SCCN(C(C)C)C(C)C. The van der Waals surface area contributed by atoms with E-state index in [1.54, 1.807) is 6.92 Å². The molecule has 78 valence electrons. The van der Waals surface area contributed by atoms with Crippen molar-refractivity contribution in [2.24, 2.45) is 0 Å². The second kappa shape index (κ2) is 6.44. The van der Waals surface area contributed by atoms with Crippen molar-refractivity contribution in [3.63, 3.8) is 0 Å². The van der Waals surface area contributed by atoms with Crippen LogP contribution in [-0.2, 0) is 4.79 Å². The Labute approximate surface area is 86.1 Å². The summed E-state index contributed by atoms with van der Waals surface area (Å²) < 4.78 is 0. The fraction of sp³-hybridized carbons (Fsp3) is 0.900. The highest BCUT2D eigenvalue weighted by Gasteiger charge is 2.12. The third-order valence-corrected chi connectivity index (χ3v) is 2.77. The van der Waals surface area contributed by atoms with Crippen LogP contribution in [0.2, 0.25) is 0 Å². The van der Waals surface area contributed by atoms with E-state index in [0.29, 0.717) is 12.1 Å². The molecule has 0 N–H and O–H groups in total. The fourth-order valence-corrected chi connectivity index (χ4v) is 2.00. The normalized spacial score (nSPS) is 11.7. The third-order valence-electron chi connectivity index (χ3n) is 1.98. The molecule has 0 aliphatic heterocycles. The maximum atomic E-state index is 10.7. The van der Waals surface area contributed by atoms with E-state index in [1.165, 1.54) is 11.8 Å². The third kappa shape index (κ3) is 6.11. The smallest absolute Gasteiger partial charge is 0.185 e. The molecule has 0 saturated carbocycles. The van der Waals surface area contributed by atoms with Crippen molar-refractivity contribution >= 4 is 16.9 Å². The van der Waals surface area contributed by atoms with Gasteiger partial charge in [0.2, 0.25) is 0 Å². The molecular weight excluding hydrogens is 182 g/mol. The molecule has 2 nitrogen and oxygen atoms in total. The summed E-state index contributed by atoms with van der Waals surface area (Å²) in [7, 11) is 0. The molecule has 0 atom stereocenters. The van der Waals surface area contributed by atoms with Crippen LogP contribution in [0.3, 0.4) is 0 Å². The Morgan fingerprint density at radius 2 is 1.69 bits per heavy atom. The largest absolute Gasteiger partial charge is 0.298 e. The molecule has 0 bridgehead atoms. The molecule has 0 aliphatic carbocycles. The highest BCUT2D eigenvalue weighted by molar-refractivity contribution is 8.13. The molecule has 0 spiro atoms. The predicted octanol–water partition coefficient (Wildman–Crippen LogP) is 2.38. The van der Waals surface area contributed by atoms with E-state index in [1.807, 2.05) is 0 Å². The van der Waals surface area contributed by atoms with Gasteiger partial charge in [0.05, 0.1) is 0 Å². The van der Waals surface area contributed by atoms with Crippen molar-refractivity contribution in [1.29, 1.82) is 0 Å². The lowest BCUT2D eigenvalue weighted by atomic mass is 10.2. The number of thioether (sulfide) groups is 1. The predicted molar refractivity (Wildman–Crippen MR) is 60.1 cm³/mol. The Balaban J connectivity index is 3.77. The molecule has 3 heteroatoms. The monoisotopic (exact) mass is 203 g/mol. The van der Waals surface area contributed by atoms with Crippen LogP contribution in [0.15, 0.2) is 0 Å². The van der Waals surface area contributed by atoms with Gasteiger partial charge in [-0.1, -0.05) is 11.8 Å². The zero-order valence-electron chi connectivity index (χ0n) is 9.33. The van der Waals surface area contributed by atoms with Gasteiger partial charge in [-0.3, -0.25) is 9.69 Å². The van der Waals surface area contributed by atoms with Crippen molar-refractivity contribution in [3.8, 4) is 0 Å². The van der Waals surface area contributed by atoms with Crippen LogP contribution in [0.1, 0.15) is 34.6 Å². The van der Waals surface area contributed by atoms with Crippen molar-refractivity contribution in [2.45, 2.75) is 46.7 Å². The van der Waals surface area contributed by atoms with Gasteiger partial charge in [-0.05, 0) is 27.7 Å². The lowest BCUT2D eigenvalue weighted by Crippen LogP contribution is -2.38. The Kier molecular flexibility index (Phi) is 6.43. The molecule has 0 aromatic rings. The van der Waals surface area contributed by atoms with Crippen molar-refractivity contribution in [3.05, 3.63) is 0 Å². The summed E-state index contributed by atoms with van der Waals surface area (Å²) in [5.74, 6) is 0.908. The van der Waals surface area contributed by atoms with E-state index in [9.17, 15) is 4.79 Å². The van der Waals surface area contributed by atoms with Crippen molar-refractivity contribution < 1.29 is 4.79 Å². The lowest BCUT2D eigenvalue weighted by molar-refractivity contribution is -0.109. The second-order valence-electron chi connectivity index (χ2n) is 3.77. The van der Waals surface area contributed by atoms with E-state index in [-0.39, 0.29) is 5.12 Å². The van der Waals surface area contributed by atoms with E-state index >= 15 is 0 Å². The number of rotatable bonds is 5. The highest BCUT2D eigenvalue weighted by Crippen LogP contribution is 2.08. The highest BCUT2D eigenvalue weighted by atomic mass is 32.2. The van der Waals surface area contributed by atoms with Gasteiger partial charge in [0.1, 0.15) is 0 Å². The molecule has 13 heavy (non-hydrogen) atoms. The fourth-order valence-electron chi connectivity index (χ4n) is 1.41. The molecule has 0 saturated heterocycles. The van der Waals surface area contributed by atoms with Crippen LogP contribution in [0.4, 0.5) is 0 Å². The number of hydrogen-bond donors (Lipinski definition) is 0. The van der Waals surface area contributed by atoms with Crippen LogP contribution in [-0.4, -0.2) is 34.4 Å². The average molecular weight is 203 g/mol. The summed E-state index contributed by atoms with van der Waals surface area (Å²) in [6.45, 7) is 11.4. The number of nitrogens with zero attached hydrogens (tertiary/aromatic N) is 1. The molecule has 0 amide bonds. The van der Waals surface area contributed by atoms with Crippen LogP contribution in [0.5, 0.6) is 0 Å². The zero-order valence-corrected chi connectivity index (χ0v) is 10.1. The standard InChI is InChI=1S/C10H21NOS/c1-8(2)11(9(3)4)6-7-13-10(5)12/h8-9H,6-7H2,1-5H3. The van der Waals surface area contributed by atoms with Gasteiger partial charge in [-0.15, -0.1) is 0 Å². The van der Waals surface area contributed by atoms with E-state index in [0.717, 1.165) is 12.3 Å². The number of carbonyl (C=O) groups is 1. The van der Waals surface area contributed by atoms with Gasteiger partial charge in [0.25, 0.3) is 0 Å². The summed E-state index contributed by atoms with van der Waals surface area (Å²) in [6, 6.07) is 1.13. The van der Waals surface area contributed by atoms with Gasteiger partial charge in [-0.2, -0.15) is 0 Å². The van der Waals surface area contributed by atoms with Crippen LogP contribution in [0, 0.1) is 0 Å². The Bertz CT molecular complexity index is 149. The minimum absolute atomic E-state index is 0.215. The summed E-state index contributed by atoms with van der Waals surface area (Å²) in [6.07, 6.45) is 0. The number of hydrogen-bond acceptors (Lipinski definition) is 3. The van der Waals surface area contributed by atoms with Crippen LogP contribution < -0.4 is 0 Å². The van der Waals surface area contributed by atoms with Gasteiger partial charge in [-0.25, -0.2) is 0 Å². The quantitative estimate of drug-likeness (QED) is 0.684. The Morgan fingerprint density at radius 3 is 2.00 bits per heavy atom. The Hall–Kier alpha value is -0.0200. The first-order chi connectivity index (χ1) is 5.95. The summed E-state index contributed by atoms with van der Waals surface area (Å²) in [5, 5.41) is 0.215. The topological polar surface area (TPSA) is 20.3 Å². The molecule has 0 aromatic heterocycles. The molecule has 0 aromatic carbocycles. The molecule has 0 rings (SSSR count). The number of carbonyl (C=O) groups excluding carboxylic acids is 1. The second-order valence-corrected chi connectivity index (χ2v) is 5.04. The summed E-state index contributed by atoms with van der Waals surface area (Å²) in [5.41, 5.74) is 0. The van der Waals surface area contributed by atoms with E-state index < -0.39 is 0 Å². The molecule has 0 aliphatic rings. The molecular formula is C10H21NOS. The van der Waals surface area contributed by atoms with Crippen LogP contribution in [0.25, 0.3) is 0 Å². The summed E-state index contributed by atoms with van der Waals surface area (Å²) in [4.78, 5) is 13.1. The van der Waals surface area contributed by atoms with Gasteiger partial charge in [0, 0.05) is 31.3 Å². The Morgan fingerprint density at radius 1 is 1.23 bits per heavy atom. The molecule has 0 radical (unpaired) electrons. The van der Waals surface area contributed by atoms with E-state index in [4.69, 9.17) is 0 Å². The van der Waals surface area contributed by atoms with Gasteiger partial charge in [0.15, 0.2) is 5.12 Å². The first-order valence-electron chi connectivity index (χ1n) is 4.84. The maximum absolute atomic E-state index is 10.7. The molecule has 0 unspecified atom stereocenters. The van der Waals surface area contributed by atoms with Gasteiger partial charge < -0.3 is 0 Å². The van der Waals surface area contributed by atoms with Crippen LogP contribution >= 0.6 is 11.8 Å². The van der Waals surface area contributed by atoms with E-state index in [2.05, 4.69) is 32.6 Å². The lowest BCUT2D eigenvalue weighted by Gasteiger charge is -2.30. The maximum Gasteiger partial charge on any atom is 0.185 e. The summed E-state index contributed by atoms with van der Waals surface area (Å²) >= 11 is 1.41. The minimum atomic E-state index is 0.215. The average Bonchev–Trinajstić information content (AvgIpc) is 1.95. The van der Waals surface area contributed by atoms with Crippen molar-refractivity contribution in [1.82, 2.24) is 4.90 Å².